The van der Waals surface area contributed by atoms with Crippen LogP contribution in [0, 0.1) is 0 Å². The Morgan fingerprint density at radius 3 is 2.35 bits per heavy atom. The molecular weight excluding hydrogens is 456 g/mol. The van der Waals surface area contributed by atoms with Crippen LogP contribution in [0.4, 0.5) is 0 Å². The van der Waals surface area contributed by atoms with Gasteiger partial charge in [0.05, 0.1) is 13.7 Å². The van der Waals surface area contributed by atoms with E-state index in [9.17, 15) is 40.5 Å². The topological polar surface area (TPSA) is 200 Å². The molecule has 2 aromatic carbocycles. The molecule has 0 unspecified atom stereocenters. The minimum atomic E-state index is -1.74. The number of aliphatic hydroxyl groups excluding tert-OH is 4. The van der Waals surface area contributed by atoms with Crippen molar-refractivity contribution in [3.05, 3.63) is 40.6 Å². The minimum absolute atomic E-state index is 0.00356. The first-order valence-electron chi connectivity index (χ1n) is 10.0. The molecule has 1 fully saturated rings. The van der Waals surface area contributed by atoms with E-state index in [2.05, 4.69) is 0 Å². The van der Waals surface area contributed by atoms with Crippen LogP contribution in [0.5, 0.6) is 28.7 Å². The summed E-state index contributed by atoms with van der Waals surface area (Å²) in [5, 5.41) is 69.2. The van der Waals surface area contributed by atoms with E-state index < -0.39 is 54.2 Å². The van der Waals surface area contributed by atoms with Crippen LogP contribution >= 0.6 is 0 Å². The quantitative estimate of drug-likeness (QED) is 0.238. The Bertz CT molecular complexity index is 1270. The fraction of sp³-hybridized carbons (Fsp3) is 0.318. The summed E-state index contributed by atoms with van der Waals surface area (Å²) >= 11 is 0. The second-order valence-electron chi connectivity index (χ2n) is 7.62. The monoisotopic (exact) mass is 478 g/mol. The van der Waals surface area contributed by atoms with Gasteiger partial charge in [0.1, 0.15) is 41.1 Å². The van der Waals surface area contributed by atoms with Gasteiger partial charge in [0.25, 0.3) is 0 Å². The van der Waals surface area contributed by atoms with Crippen LogP contribution in [0.3, 0.4) is 0 Å². The van der Waals surface area contributed by atoms with Crippen LogP contribution in [-0.2, 0) is 4.74 Å². The Labute approximate surface area is 191 Å². The van der Waals surface area contributed by atoms with Crippen molar-refractivity contribution in [1.29, 1.82) is 0 Å². The van der Waals surface area contributed by atoms with Crippen LogP contribution in [0.15, 0.2) is 39.5 Å². The predicted molar refractivity (Wildman–Crippen MR) is 114 cm³/mol. The number of aromatic hydroxyl groups is 3. The van der Waals surface area contributed by atoms with Crippen molar-refractivity contribution in [2.75, 3.05) is 13.7 Å². The third-order valence-corrected chi connectivity index (χ3v) is 5.47. The molecule has 7 N–H and O–H groups in total. The minimum Gasteiger partial charge on any atom is -0.504 e. The molecule has 3 aromatic rings. The summed E-state index contributed by atoms with van der Waals surface area (Å²) in [7, 11) is 1.19. The maximum absolute atomic E-state index is 12.7. The number of hydrogen-bond acceptors (Lipinski definition) is 12. The standard InChI is InChI=1S/C22H22O12/c1-31-21-14(33-22-20(30)19(29)17(27)15(7-23)34-22)6-13-16(18(21)28)11(26)5-12(32-13)8-2-3-9(24)10(25)4-8/h2-6,15,17,19-20,22-25,27-30H,7H2,1H3/t15-,17-,19-,20-,22-/m0/s1. The van der Waals surface area contributed by atoms with Crippen LogP contribution in [0.2, 0.25) is 0 Å². The largest absolute Gasteiger partial charge is 0.504 e. The fourth-order valence-corrected chi connectivity index (χ4v) is 3.66. The van der Waals surface area contributed by atoms with Crippen molar-refractivity contribution in [2.45, 2.75) is 30.7 Å². The number of phenols is 3. The summed E-state index contributed by atoms with van der Waals surface area (Å²) in [6, 6.07) is 6.03. The zero-order chi connectivity index (χ0) is 24.7. The van der Waals surface area contributed by atoms with Gasteiger partial charge in [-0.1, -0.05) is 0 Å². The maximum Gasteiger partial charge on any atom is 0.229 e. The molecule has 0 bridgehead atoms. The van der Waals surface area contributed by atoms with E-state index in [1.807, 2.05) is 0 Å². The molecule has 4 rings (SSSR count). The molecule has 1 aliphatic heterocycles. The van der Waals surface area contributed by atoms with E-state index in [4.69, 9.17) is 18.6 Å². The van der Waals surface area contributed by atoms with E-state index in [-0.39, 0.29) is 39.5 Å². The molecule has 0 saturated carbocycles. The Morgan fingerprint density at radius 2 is 1.71 bits per heavy atom. The molecule has 0 radical (unpaired) electrons. The van der Waals surface area contributed by atoms with Gasteiger partial charge < -0.3 is 54.4 Å². The smallest absolute Gasteiger partial charge is 0.229 e. The van der Waals surface area contributed by atoms with Crippen LogP contribution in [-0.4, -0.2) is 80.2 Å². The lowest BCUT2D eigenvalue weighted by Crippen LogP contribution is -2.60. The van der Waals surface area contributed by atoms with Crippen molar-refractivity contribution in [3.8, 4) is 40.1 Å². The summed E-state index contributed by atoms with van der Waals surface area (Å²) in [4.78, 5) is 12.7. The second-order valence-corrected chi connectivity index (χ2v) is 7.62. The third kappa shape index (κ3) is 3.97. The van der Waals surface area contributed by atoms with E-state index in [1.54, 1.807) is 0 Å². The summed E-state index contributed by atoms with van der Waals surface area (Å²) in [6.45, 7) is -0.678. The van der Waals surface area contributed by atoms with Crippen LogP contribution in [0.1, 0.15) is 0 Å². The first-order chi connectivity index (χ1) is 16.2. The molecule has 1 aliphatic rings. The van der Waals surface area contributed by atoms with Crippen molar-refractivity contribution in [2.24, 2.45) is 0 Å². The SMILES string of the molecule is COc1c(O[C@H]2O[C@@H](CO)[C@H](O)[C@H](O)[C@@H]2O)cc2oc(-c3ccc(O)c(O)c3)cc(=O)c2c1O. The van der Waals surface area contributed by atoms with Gasteiger partial charge >= 0.3 is 0 Å². The number of benzene rings is 2. The van der Waals surface area contributed by atoms with Crippen molar-refractivity contribution >= 4 is 11.0 Å². The lowest BCUT2D eigenvalue weighted by molar-refractivity contribution is -0.277. The molecule has 34 heavy (non-hydrogen) atoms. The Hall–Kier alpha value is -3.55. The van der Waals surface area contributed by atoms with Gasteiger partial charge in [-0.2, -0.15) is 0 Å². The number of methoxy groups -OCH3 is 1. The van der Waals surface area contributed by atoms with E-state index in [0.29, 0.717) is 0 Å². The zero-order valence-corrected chi connectivity index (χ0v) is 17.7. The van der Waals surface area contributed by atoms with Gasteiger partial charge in [0.15, 0.2) is 28.4 Å². The van der Waals surface area contributed by atoms with E-state index in [0.717, 1.165) is 6.07 Å². The van der Waals surface area contributed by atoms with Crippen molar-refractivity contribution < 1.29 is 54.4 Å². The highest BCUT2D eigenvalue weighted by Gasteiger charge is 2.45. The number of ether oxygens (including phenoxy) is 3. The summed E-state index contributed by atoms with van der Waals surface area (Å²) in [5.41, 5.74) is -0.562. The van der Waals surface area contributed by atoms with Crippen LogP contribution < -0.4 is 14.9 Å². The number of phenolic OH excluding ortho intramolecular Hbond substituents is 3. The first kappa shape index (κ1) is 23.6. The Morgan fingerprint density at radius 1 is 0.971 bits per heavy atom. The second kappa shape index (κ2) is 9.00. The number of rotatable bonds is 5. The van der Waals surface area contributed by atoms with Gasteiger partial charge in [-0.15, -0.1) is 0 Å². The van der Waals surface area contributed by atoms with Gasteiger partial charge in [0.2, 0.25) is 12.0 Å². The lowest BCUT2D eigenvalue weighted by atomic mass is 9.99. The Kier molecular flexibility index (Phi) is 6.25. The molecule has 0 spiro atoms. The van der Waals surface area contributed by atoms with Gasteiger partial charge in [-0.3, -0.25) is 4.79 Å². The average Bonchev–Trinajstić information content (AvgIpc) is 2.80. The van der Waals surface area contributed by atoms with Gasteiger partial charge in [0, 0.05) is 17.7 Å². The lowest BCUT2D eigenvalue weighted by Gasteiger charge is -2.39. The number of aliphatic hydroxyl groups is 4. The van der Waals surface area contributed by atoms with E-state index in [1.165, 1.54) is 31.4 Å². The molecule has 12 nitrogen and oxygen atoms in total. The molecule has 0 amide bonds. The third-order valence-electron chi connectivity index (χ3n) is 5.47. The molecule has 1 saturated heterocycles. The highest BCUT2D eigenvalue weighted by molar-refractivity contribution is 5.89. The molecule has 5 atom stereocenters. The molecule has 0 aliphatic carbocycles. The zero-order valence-electron chi connectivity index (χ0n) is 17.7. The van der Waals surface area contributed by atoms with Crippen LogP contribution in [0.25, 0.3) is 22.3 Å². The van der Waals surface area contributed by atoms with Gasteiger partial charge in [-0.05, 0) is 18.2 Å². The van der Waals surface area contributed by atoms with Gasteiger partial charge in [-0.25, -0.2) is 0 Å². The average molecular weight is 478 g/mol. The fourth-order valence-electron chi connectivity index (χ4n) is 3.66. The highest BCUT2D eigenvalue weighted by atomic mass is 16.7. The predicted octanol–water partition coefficient (Wildman–Crippen LogP) is -0.236. The normalized spacial score (nSPS) is 24.8. The maximum atomic E-state index is 12.7. The molecular formula is C22H22O12. The Balaban J connectivity index is 1.80. The van der Waals surface area contributed by atoms with Crippen molar-refractivity contribution in [1.82, 2.24) is 0 Å². The number of fused-ring (bicyclic) bond motifs is 1. The van der Waals surface area contributed by atoms with E-state index >= 15 is 0 Å². The number of hydrogen-bond donors (Lipinski definition) is 7. The molecule has 2 heterocycles. The summed E-state index contributed by atoms with van der Waals surface area (Å²) in [5.74, 6) is -1.99. The molecule has 1 aromatic heterocycles. The molecule has 182 valence electrons. The molecule has 12 heteroatoms. The highest BCUT2D eigenvalue weighted by Crippen LogP contribution is 2.43. The first-order valence-corrected chi connectivity index (χ1v) is 10.0. The summed E-state index contributed by atoms with van der Waals surface area (Å²) < 4.78 is 21.8. The van der Waals surface area contributed by atoms with Crippen molar-refractivity contribution in [3.63, 3.8) is 0 Å². The summed E-state index contributed by atoms with van der Waals surface area (Å²) in [6.07, 6.45) is -7.88.